The fourth-order valence-corrected chi connectivity index (χ4v) is 13.3. The summed E-state index contributed by atoms with van der Waals surface area (Å²) in [6, 6.07) is 0. The molecule has 0 heterocycles. The second-order valence-corrected chi connectivity index (χ2v) is 32.5. The Morgan fingerprint density at radius 1 is 0.313 bits per heavy atom. The topological polar surface area (TPSA) is 237 Å². The first kappa shape index (κ1) is 96.5. The van der Waals surface area contributed by atoms with Crippen molar-refractivity contribution in [3.8, 4) is 0 Å². The maximum Gasteiger partial charge on any atom is 0.472 e. The molecule has 0 saturated carbocycles. The first-order chi connectivity index (χ1) is 47.7. The summed E-state index contributed by atoms with van der Waals surface area (Å²) in [7, 11) is -9.93. The number of hydrogen-bond acceptors (Lipinski definition) is 15. The van der Waals surface area contributed by atoms with Crippen LogP contribution < -0.4 is 0 Å². The number of aliphatic hydroxyl groups is 1. The summed E-state index contributed by atoms with van der Waals surface area (Å²) in [6.45, 7) is 11.9. The van der Waals surface area contributed by atoms with Gasteiger partial charge in [-0.05, 0) is 69.1 Å². The fourth-order valence-electron chi connectivity index (χ4n) is 11.8. The van der Waals surface area contributed by atoms with E-state index in [0.29, 0.717) is 25.7 Å². The third-order valence-electron chi connectivity index (χ3n) is 18.0. The van der Waals surface area contributed by atoms with Crippen molar-refractivity contribution in [3.63, 3.8) is 0 Å². The van der Waals surface area contributed by atoms with E-state index in [1.165, 1.54) is 180 Å². The van der Waals surface area contributed by atoms with Gasteiger partial charge in [-0.15, -0.1) is 0 Å². The number of phosphoric acid groups is 2. The Balaban J connectivity index is 5.30. The molecule has 99 heavy (non-hydrogen) atoms. The molecule has 0 fully saturated rings. The summed E-state index contributed by atoms with van der Waals surface area (Å²) in [6.07, 6.45) is 60.4. The predicted molar refractivity (Wildman–Crippen MR) is 404 cm³/mol. The molecular formula is C80H152O17P2. The monoisotopic (exact) mass is 1450 g/mol. The molecule has 2 unspecified atom stereocenters. The van der Waals surface area contributed by atoms with Crippen LogP contribution in [0.25, 0.3) is 0 Å². The lowest BCUT2D eigenvalue weighted by Crippen LogP contribution is -2.30. The van der Waals surface area contributed by atoms with Crippen molar-refractivity contribution in [2.75, 3.05) is 39.6 Å². The van der Waals surface area contributed by atoms with Gasteiger partial charge in [0, 0.05) is 25.7 Å². The molecule has 3 N–H and O–H groups in total. The number of esters is 4. The normalized spacial score (nSPS) is 14.2. The van der Waals surface area contributed by atoms with Crippen molar-refractivity contribution >= 4 is 39.5 Å². The second-order valence-electron chi connectivity index (χ2n) is 29.5. The summed E-state index contributed by atoms with van der Waals surface area (Å²) in [5, 5.41) is 10.6. The van der Waals surface area contributed by atoms with Gasteiger partial charge >= 0.3 is 39.5 Å². The van der Waals surface area contributed by atoms with Gasteiger partial charge in [0.1, 0.15) is 19.3 Å². The molecule has 17 nitrogen and oxygen atoms in total. The Morgan fingerprint density at radius 3 is 0.818 bits per heavy atom. The maximum atomic E-state index is 13.1. The average molecular weight is 1450 g/mol. The van der Waals surface area contributed by atoms with Crippen molar-refractivity contribution in [2.24, 2.45) is 17.8 Å². The van der Waals surface area contributed by atoms with Crippen molar-refractivity contribution < 1.29 is 80.2 Å². The lowest BCUT2D eigenvalue weighted by atomic mass is 10.0. The molecule has 0 saturated heterocycles. The summed E-state index contributed by atoms with van der Waals surface area (Å²) >= 11 is 0. The second kappa shape index (κ2) is 69.9. The fraction of sp³-hybridized carbons (Fsp3) is 0.900. The van der Waals surface area contributed by atoms with Gasteiger partial charge in [-0.1, -0.05) is 336 Å². The molecule has 0 aliphatic rings. The molecule has 0 aliphatic carbocycles. The van der Waals surface area contributed by atoms with E-state index in [9.17, 15) is 43.2 Å². The molecule has 0 amide bonds. The number of hydrogen-bond donors (Lipinski definition) is 3. The molecule has 5 atom stereocenters. The van der Waals surface area contributed by atoms with Gasteiger partial charge < -0.3 is 33.8 Å². The van der Waals surface area contributed by atoms with Crippen LogP contribution in [-0.2, 0) is 65.4 Å². The van der Waals surface area contributed by atoms with E-state index in [0.717, 1.165) is 127 Å². The number of carbonyl (C=O) groups is 4. The van der Waals surface area contributed by atoms with Crippen LogP contribution in [0.5, 0.6) is 0 Å². The van der Waals surface area contributed by atoms with Crippen LogP contribution in [0.3, 0.4) is 0 Å². The average Bonchev–Trinajstić information content (AvgIpc) is 1.15. The van der Waals surface area contributed by atoms with Crippen LogP contribution in [0.4, 0.5) is 0 Å². The first-order valence-electron chi connectivity index (χ1n) is 40.7. The molecular weight excluding hydrogens is 1290 g/mol. The van der Waals surface area contributed by atoms with Gasteiger partial charge in [-0.2, -0.15) is 0 Å². The van der Waals surface area contributed by atoms with Gasteiger partial charge in [0.2, 0.25) is 0 Å². The zero-order valence-electron chi connectivity index (χ0n) is 64.4. The van der Waals surface area contributed by atoms with Crippen LogP contribution in [0.15, 0.2) is 24.3 Å². The summed E-state index contributed by atoms with van der Waals surface area (Å²) < 4.78 is 68.7. The molecule has 0 bridgehead atoms. The Bertz CT molecular complexity index is 2020. The SMILES string of the molecule is CCCCCC/C=C\C=C/CCCCCCCC(=O)OC[C@H](COP(=O)(O)OC[C@@H](O)COP(=O)(O)OC[C@@H](COC(=O)CCCCCCCCCCCC(C)C)OC(=O)CCCCCCCCCCCCCC(C)C)OC(=O)CCCCCCCCCCCCCCCCCC(C)C. The van der Waals surface area contributed by atoms with Crippen LogP contribution in [0.1, 0.15) is 389 Å². The van der Waals surface area contributed by atoms with Crippen molar-refractivity contribution in [1.82, 2.24) is 0 Å². The molecule has 584 valence electrons. The predicted octanol–water partition coefficient (Wildman–Crippen LogP) is 23.3. The van der Waals surface area contributed by atoms with Crippen LogP contribution in [-0.4, -0.2) is 96.7 Å². The molecule has 0 radical (unpaired) electrons. The number of rotatable bonds is 76. The van der Waals surface area contributed by atoms with Gasteiger partial charge in [-0.3, -0.25) is 37.3 Å². The maximum absolute atomic E-state index is 13.1. The van der Waals surface area contributed by atoms with Gasteiger partial charge in [0.05, 0.1) is 26.4 Å². The molecule has 19 heteroatoms. The lowest BCUT2D eigenvalue weighted by molar-refractivity contribution is -0.161. The molecule has 0 aromatic heterocycles. The van der Waals surface area contributed by atoms with Crippen LogP contribution in [0, 0.1) is 17.8 Å². The van der Waals surface area contributed by atoms with Crippen molar-refractivity contribution in [3.05, 3.63) is 24.3 Å². The van der Waals surface area contributed by atoms with E-state index in [-0.39, 0.29) is 25.7 Å². The number of aliphatic hydroxyl groups excluding tert-OH is 1. The third-order valence-corrected chi connectivity index (χ3v) is 19.9. The van der Waals surface area contributed by atoms with E-state index >= 15 is 0 Å². The minimum Gasteiger partial charge on any atom is -0.462 e. The third kappa shape index (κ3) is 73.6. The number of ether oxygens (including phenoxy) is 4. The Kier molecular flexibility index (Phi) is 68.1. The van der Waals surface area contributed by atoms with Gasteiger partial charge in [-0.25, -0.2) is 9.13 Å². The van der Waals surface area contributed by atoms with E-state index in [2.05, 4.69) is 72.8 Å². The zero-order chi connectivity index (χ0) is 73.0. The van der Waals surface area contributed by atoms with Crippen LogP contribution in [0.2, 0.25) is 0 Å². The van der Waals surface area contributed by atoms with E-state index in [4.69, 9.17) is 37.0 Å². The summed E-state index contributed by atoms with van der Waals surface area (Å²) in [4.78, 5) is 73.0. The first-order valence-corrected chi connectivity index (χ1v) is 43.7. The van der Waals surface area contributed by atoms with E-state index < -0.39 is 97.5 Å². The molecule has 0 rings (SSSR count). The highest BCUT2D eigenvalue weighted by molar-refractivity contribution is 7.47. The Hall–Kier alpha value is -2.46. The number of unbranched alkanes of at least 4 members (excludes halogenated alkanes) is 41. The number of allylic oxidation sites excluding steroid dienone is 4. The molecule has 0 spiro atoms. The smallest absolute Gasteiger partial charge is 0.462 e. The minimum atomic E-state index is -4.97. The zero-order valence-corrected chi connectivity index (χ0v) is 66.2. The summed E-state index contributed by atoms with van der Waals surface area (Å²) in [5.74, 6) is 0.164. The Morgan fingerprint density at radius 2 is 0.545 bits per heavy atom. The number of phosphoric ester groups is 2. The highest BCUT2D eigenvalue weighted by Gasteiger charge is 2.30. The highest BCUT2D eigenvalue weighted by Crippen LogP contribution is 2.45. The molecule has 0 aliphatic heterocycles. The van der Waals surface area contributed by atoms with Gasteiger partial charge in [0.15, 0.2) is 12.2 Å². The Labute approximate surface area is 605 Å². The largest absolute Gasteiger partial charge is 0.472 e. The van der Waals surface area contributed by atoms with Crippen LogP contribution >= 0.6 is 15.6 Å². The van der Waals surface area contributed by atoms with Crippen molar-refractivity contribution in [2.45, 2.75) is 407 Å². The van der Waals surface area contributed by atoms with E-state index in [1.807, 2.05) is 0 Å². The molecule has 0 aromatic carbocycles. The standard InChI is InChI=1S/C80H152O17P2/c1-8-9-10-11-12-13-14-15-17-21-26-33-40-47-54-61-77(82)90-67-75(96-79(84)63-56-49-42-34-27-22-19-16-18-20-24-30-37-44-51-58-71(2)3)69-94-98(86,87)92-65-74(81)66-93-99(88,89)95-70-76(68-91-78(83)62-55-48-41-36-29-32-39-46-53-60-73(6)7)97-80(85)64-57-50-43-35-28-23-25-31-38-45-52-59-72(4)5/h13-15,17,71-76,81H,8-12,16,18-70H2,1-7H3,(H,86,87)(H,88,89)/b14-13-,17-15-/t74-,75-,76-/m1/s1. The lowest BCUT2D eigenvalue weighted by Gasteiger charge is -2.21. The van der Waals surface area contributed by atoms with Gasteiger partial charge in [0.25, 0.3) is 0 Å². The number of carbonyl (C=O) groups excluding carboxylic acids is 4. The minimum absolute atomic E-state index is 0.101. The van der Waals surface area contributed by atoms with E-state index in [1.54, 1.807) is 0 Å². The van der Waals surface area contributed by atoms with Crippen molar-refractivity contribution in [1.29, 1.82) is 0 Å². The highest BCUT2D eigenvalue weighted by atomic mass is 31.2. The summed E-state index contributed by atoms with van der Waals surface area (Å²) in [5.41, 5.74) is 0. The molecule has 0 aromatic rings. The quantitative estimate of drug-likeness (QED) is 0.0169.